The third-order valence-electron chi connectivity index (χ3n) is 4.73. The first-order valence-electron chi connectivity index (χ1n) is 8.46. The zero-order valence-electron chi connectivity index (χ0n) is 13.7. The maximum absolute atomic E-state index is 13.8. The van der Waals surface area contributed by atoms with Gasteiger partial charge in [-0.1, -0.05) is 17.3 Å². The quantitative estimate of drug-likeness (QED) is 0.855. The van der Waals surface area contributed by atoms with Gasteiger partial charge in [0.15, 0.2) is 17.7 Å². The minimum atomic E-state index is -0.407. The summed E-state index contributed by atoms with van der Waals surface area (Å²) in [4.78, 5) is 14.3. The van der Waals surface area contributed by atoms with E-state index in [9.17, 15) is 9.18 Å². The predicted molar refractivity (Wildman–Crippen MR) is 86.2 cm³/mol. The van der Waals surface area contributed by atoms with Gasteiger partial charge in [0.2, 0.25) is 0 Å². The van der Waals surface area contributed by atoms with E-state index in [2.05, 4.69) is 5.16 Å². The summed E-state index contributed by atoms with van der Waals surface area (Å²) in [5, 5.41) is 3.82. The van der Waals surface area contributed by atoms with E-state index in [-0.39, 0.29) is 23.7 Å². The number of amides is 1. The van der Waals surface area contributed by atoms with Crippen LogP contribution in [-0.4, -0.2) is 48.6 Å². The van der Waals surface area contributed by atoms with Crippen LogP contribution in [0.25, 0.3) is 11.3 Å². The third kappa shape index (κ3) is 3.29. The van der Waals surface area contributed by atoms with E-state index in [0.717, 1.165) is 12.8 Å². The number of ether oxygens (including phenoxy) is 2. The number of benzene rings is 1. The number of nitrogens with zero attached hydrogens (tertiary/aromatic N) is 2. The van der Waals surface area contributed by atoms with E-state index in [1.807, 2.05) is 0 Å². The molecule has 0 unspecified atom stereocenters. The lowest BCUT2D eigenvalue weighted by Gasteiger charge is -2.33. The highest BCUT2D eigenvalue weighted by Gasteiger charge is 2.32. The molecule has 0 atom stereocenters. The van der Waals surface area contributed by atoms with E-state index in [1.165, 1.54) is 12.1 Å². The zero-order chi connectivity index (χ0) is 17.2. The summed E-state index contributed by atoms with van der Waals surface area (Å²) in [5.41, 5.74) is 0.494. The summed E-state index contributed by atoms with van der Waals surface area (Å²) in [6.07, 6.45) is 1.51. The molecule has 7 heteroatoms. The van der Waals surface area contributed by atoms with Crippen LogP contribution < -0.4 is 0 Å². The molecule has 2 aromatic rings. The molecule has 0 saturated carbocycles. The van der Waals surface area contributed by atoms with Gasteiger partial charge in [0, 0.05) is 25.1 Å². The maximum Gasteiger partial charge on any atom is 0.276 e. The van der Waals surface area contributed by atoms with Crippen molar-refractivity contribution in [1.82, 2.24) is 10.1 Å². The predicted octanol–water partition coefficient (Wildman–Crippen LogP) is 2.71. The van der Waals surface area contributed by atoms with E-state index in [4.69, 9.17) is 14.0 Å². The lowest BCUT2D eigenvalue weighted by Crippen LogP contribution is -2.41. The fourth-order valence-corrected chi connectivity index (χ4v) is 3.35. The van der Waals surface area contributed by atoms with Crippen LogP contribution >= 0.6 is 0 Å². The largest absolute Gasteiger partial charge is 0.355 e. The molecule has 2 fully saturated rings. The molecule has 0 bridgehead atoms. The van der Waals surface area contributed by atoms with E-state index < -0.39 is 5.82 Å². The summed E-state index contributed by atoms with van der Waals surface area (Å²) < 4.78 is 30.1. The van der Waals surface area contributed by atoms with E-state index >= 15 is 0 Å². The number of carbonyl (C=O) groups is 1. The molecule has 132 valence electrons. The Morgan fingerprint density at radius 1 is 1.16 bits per heavy atom. The van der Waals surface area contributed by atoms with Crippen molar-refractivity contribution in [2.75, 3.05) is 26.3 Å². The molecule has 2 saturated heterocycles. The first-order chi connectivity index (χ1) is 12.2. The number of halogens is 1. The number of aromatic nitrogens is 1. The van der Waals surface area contributed by atoms with Gasteiger partial charge in [-0.05, 0) is 25.0 Å². The highest BCUT2D eigenvalue weighted by molar-refractivity contribution is 5.93. The highest BCUT2D eigenvalue weighted by atomic mass is 19.1. The Balaban J connectivity index is 1.41. The number of likely N-dealkylation sites (tertiary alicyclic amines) is 1. The topological polar surface area (TPSA) is 64.8 Å². The second kappa shape index (κ2) is 6.93. The summed E-state index contributed by atoms with van der Waals surface area (Å²) in [5.74, 6) is -0.0324. The fraction of sp³-hybridized carbons (Fsp3) is 0.444. The van der Waals surface area contributed by atoms with E-state index in [1.54, 1.807) is 23.1 Å². The molecule has 1 aromatic heterocycles. The Bertz CT molecular complexity index is 749. The van der Waals surface area contributed by atoms with Gasteiger partial charge in [-0.15, -0.1) is 0 Å². The molecule has 0 spiro atoms. The van der Waals surface area contributed by atoms with Gasteiger partial charge in [-0.2, -0.15) is 0 Å². The van der Waals surface area contributed by atoms with Gasteiger partial charge in [0.1, 0.15) is 5.82 Å². The van der Waals surface area contributed by atoms with Crippen LogP contribution in [0, 0.1) is 11.7 Å². The van der Waals surface area contributed by atoms with Crippen molar-refractivity contribution in [3.8, 4) is 11.3 Å². The van der Waals surface area contributed by atoms with Crippen molar-refractivity contribution < 1.29 is 23.2 Å². The van der Waals surface area contributed by atoms with Crippen molar-refractivity contribution >= 4 is 5.91 Å². The normalized spacial score (nSPS) is 19.5. The Kier molecular flexibility index (Phi) is 4.50. The average Bonchev–Trinajstić information content (AvgIpc) is 3.34. The molecule has 3 heterocycles. The molecule has 1 aromatic carbocycles. The second-order valence-corrected chi connectivity index (χ2v) is 6.30. The van der Waals surface area contributed by atoms with Gasteiger partial charge >= 0.3 is 0 Å². The number of carbonyl (C=O) groups excluding carboxylic acids is 1. The number of rotatable bonds is 3. The van der Waals surface area contributed by atoms with Gasteiger partial charge in [-0.25, -0.2) is 4.39 Å². The molecule has 6 nitrogen and oxygen atoms in total. The number of hydrogen-bond donors (Lipinski definition) is 0. The summed E-state index contributed by atoms with van der Waals surface area (Å²) >= 11 is 0. The highest BCUT2D eigenvalue weighted by Crippen LogP contribution is 2.28. The monoisotopic (exact) mass is 346 g/mol. The lowest BCUT2D eigenvalue weighted by atomic mass is 9.96. The van der Waals surface area contributed by atoms with Crippen LogP contribution in [0.4, 0.5) is 4.39 Å². The Labute approximate surface area is 144 Å². The smallest absolute Gasteiger partial charge is 0.276 e. The first-order valence-corrected chi connectivity index (χ1v) is 8.46. The van der Waals surface area contributed by atoms with Crippen molar-refractivity contribution in [3.05, 3.63) is 41.8 Å². The summed E-state index contributed by atoms with van der Waals surface area (Å²) in [6.45, 7) is 2.52. The van der Waals surface area contributed by atoms with Crippen LogP contribution in [0.1, 0.15) is 23.3 Å². The van der Waals surface area contributed by atoms with Crippen molar-refractivity contribution in [2.24, 2.45) is 5.92 Å². The van der Waals surface area contributed by atoms with Crippen LogP contribution in [-0.2, 0) is 9.47 Å². The summed E-state index contributed by atoms with van der Waals surface area (Å²) in [6, 6.07) is 7.74. The minimum Gasteiger partial charge on any atom is -0.355 e. The molecule has 2 aliphatic heterocycles. The zero-order valence-corrected chi connectivity index (χ0v) is 13.7. The van der Waals surface area contributed by atoms with Gasteiger partial charge in [0.25, 0.3) is 5.91 Å². The molecule has 25 heavy (non-hydrogen) atoms. The van der Waals surface area contributed by atoms with Crippen LogP contribution in [0.2, 0.25) is 0 Å². The molecule has 0 N–H and O–H groups in total. The molecule has 0 radical (unpaired) electrons. The maximum atomic E-state index is 13.8. The average molecular weight is 346 g/mol. The fourth-order valence-electron chi connectivity index (χ4n) is 3.35. The molecular formula is C18H19FN2O4. The molecule has 4 rings (SSSR count). The van der Waals surface area contributed by atoms with Gasteiger partial charge in [0.05, 0.1) is 18.8 Å². The molecular weight excluding hydrogens is 327 g/mol. The number of piperidine rings is 1. The Hall–Kier alpha value is -2.25. The minimum absolute atomic E-state index is 0.142. The molecule has 1 amide bonds. The summed E-state index contributed by atoms with van der Waals surface area (Å²) in [7, 11) is 0. The molecule has 2 aliphatic rings. The van der Waals surface area contributed by atoms with Crippen LogP contribution in [0.5, 0.6) is 0 Å². The standard InChI is InChI=1S/C18H19FN2O4/c19-14-4-2-1-3-13(14)16-11-15(20-25-16)17(22)21-7-5-12(6-8-21)18-23-9-10-24-18/h1-4,11-12,18H,5-10H2. The molecule has 0 aliphatic carbocycles. The van der Waals surface area contributed by atoms with Crippen molar-refractivity contribution in [2.45, 2.75) is 19.1 Å². The third-order valence-corrected chi connectivity index (χ3v) is 4.73. The van der Waals surface area contributed by atoms with Crippen LogP contribution in [0.15, 0.2) is 34.9 Å². The lowest BCUT2D eigenvalue weighted by molar-refractivity contribution is -0.0956. The van der Waals surface area contributed by atoms with Crippen LogP contribution in [0.3, 0.4) is 0 Å². The number of hydrogen-bond acceptors (Lipinski definition) is 5. The second-order valence-electron chi connectivity index (χ2n) is 6.30. The van der Waals surface area contributed by atoms with Crippen molar-refractivity contribution in [1.29, 1.82) is 0 Å². The van der Waals surface area contributed by atoms with E-state index in [0.29, 0.717) is 37.8 Å². The Morgan fingerprint density at radius 2 is 1.88 bits per heavy atom. The van der Waals surface area contributed by atoms with Gasteiger partial charge < -0.3 is 18.9 Å². The van der Waals surface area contributed by atoms with Crippen molar-refractivity contribution in [3.63, 3.8) is 0 Å². The van der Waals surface area contributed by atoms with Gasteiger partial charge in [-0.3, -0.25) is 4.79 Å². The Morgan fingerprint density at radius 3 is 2.60 bits per heavy atom. The first kappa shape index (κ1) is 16.2. The SMILES string of the molecule is O=C(c1cc(-c2ccccc2F)on1)N1CCC(C2OCCO2)CC1.